The first kappa shape index (κ1) is 26.6. The van der Waals surface area contributed by atoms with Gasteiger partial charge < -0.3 is 34.3 Å². The Balaban J connectivity index is 0.00000450. The molecule has 1 aromatic carbocycles. The van der Waals surface area contributed by atoms with Crippen molar-refractivity contribution in [1.82, 2.24) is 10.6 Å². The van der Waals surface area contributed by atoms with Gasteiger partial charge in [0.2, 0.25) is 0 Å². The van der Waals surface area contributed by atoms with Crippen molar-refractivity contribution in [1.29, 1.82) is 0 Å². The van der Waals surface area contributed by atoms with Gasteiger partial charge in [-0.3, -0.25) is 4.99 Å². The second-order valence-electron chi connectivity index (χ2n) is 6.75. The average Bonchev–Trinajstić information content (AvgIpc) is 3.27. The minimum atomic E-state index is 0. The van der Waals surface area contributed by atoms with E-state index in [1.54, 1.807) is 28.4 Å². The molecule has 0 saturated carbocycles. The molecule has 8 nitrogen and oxygen atoms in total. The Kier molecular flexibility index (Phi) is 13.6. The van der Waals surface area contributed by atoms with Crippen LogP contribution in [0.4, 0.5) is 0 Å². The number of hydrogen-bond donors (Lipinski definition) is 2. The largest absolute Gasteiger partial charge is 0.496 e. The van der Waals surface area contributed by atoms with Crippen molar-refractivity contribution in [3.63, 3.8) is 0 Å². The number of halogens is 1. The molecule has 1 saturated heterocycles. The molecule has 9 heteroatoms. The molecule has 2 N–H and O–H groups in total. The van der Waals surface area contributed by atoms with Gasteiger partial charge in [-0.2, -0.15) is 0 Å². The molecule has 0 aromatic heterocycles. The fourth-order valence-electron chi connectivity index (χ4n) is 3.22. The Morgan fingerprint density at radius 1 is 1.10 bits per heavy atom. The van der Waals surface area contributed by atoms with E-state index in [2.05, 4.69) is 15.6 Å². The molecule has 0 amide bonds. The summed E-state index contributed by atoms with van der Waals surface area (Å²) in [5, 5.41) is 6.63. The van der Waals surface area contributed by atoms with Gasteiger partial charge in [-0.1, -0.05) is 0 Å². The first-order chi connectivity index (χ1) is 14.2. The molecule has 1 unspecified atom stereocenters. The molecule has 1 heterocycles. The molecule has 0 bridgehead atoms. The maximum absolute atomic E-state index is 5.68. The second kappa shape index (κ2) is 15.4. The quantitative estimate of drug-likeness (QED) is 0.184. The van der Waals surface area contributed by atoms with E-state index < -0.39 is 0 Å². The van der Waals surface area contributed by atoms with Crippen molar-refractivity contribution in [2.75, 3.05) is 61.3 Å². The highest BCUT2D eigenvalue weighted by molar-refractivity contribution is 14.0. The van der Waals surface area contributed by atoms with Crippen molar-refractivity contribution < 1.29 is 23.7 Å². The first-order valence-electron chi connectivity index (χ1n) is 10.1. The molecule has 2 rings (SSSR count). The maximum Gasteiger partial charge on any atom is 0.190 e. The lowest BCUT2D eigenvalue weighted by Gasteiger charge is -2.16. The Morgan fingerprint density at radius 3 is 2.37 bits per heavy atom. The van der Waals surface area contributed by atoms with Crippen LogP contribution in [-0.2, 0) is 15.9 Å². The van der Waals surface area contributed by atoms with E-state index in [0.29, 0.717) is 25.5 Å². The van der Waals surface area contributed by atoms with Gasteiger partial charge in [0.1, 0.15) is 17.2 Å². The monoisotopic (exact) mass is 537 g/mol. The Bertz CT molecular complexity index is 614. The summed E-state index contributed by atoms with van der Waals surface area (Å²) < 4.78 is 27.5. The van der Waals surface area contributed by atoms with Crippen LogP contribution in [0.15, 0.2) is 17.1 Å². The van der Waals surface area contributed by atoms with Crippen LogP contribution in [-0.4, -0.2) is 73.4 Å². The van der Waals surface area contributed by atoms with Crippen LogP contribution in [0, 0.1) is 0 Å². The third-order valence-corrected chi connectivity index (χ3v) is 4.79. The highest BCUT2D eigenvalue weighted by Gasteiger charge is 2.15. The van der Waals surface area contributed by atoms with Crippen LogP contribution in [0.5, 0.6) is 17.2 Å². The van der Waals surface area contributed by atoms with Gasteiger partial charge in [-0.05, 0) is 25.7 Å². The van der Waals surface area contributed by atoms with Gasteiger partial charge in [-0.15, -0.1) is 24.0 Å². The highest BCUT2D eigenvalue weighted by Crippen LogP contribution is 2.34. The predicted octanol–water partition coefficient (Wildman–Crippen LogP) is 2.62. The van der Waals surface area contributed by atoms with Gasteiger partial charge in [-0.25, -0.2) is 0 Å². The van der Waals surface area contributed by atoms with Crippen molar-refractivity contribution >= 4 is 29.9 Å². The Morgan fingerprint density at radius 2 is 1.80 bits per heavy atom. The molecule has 1 fully saturated rings. The van der Waals surface area contributed by atoms with Crippen LogP contribution in [0.25, 0.3) is 0 Å². The summed E-state index contributed by atoms with van der Waals surface area (Å²) >= 11 is 0. The summed E-state index contributed by atoms with van der Waals surface area (Å²) in [5.74, 6) is 2.95. The molecule has 1 aliphatic heterocycles. The van der Waals surface area contributed by atoms with E-state index in [0.717, 1.165) is 61.9 Å². The standard InChI is InChI=1S/C21H35N3O5.HI/c1-22-21(23-9-6-11-28-15-16-7-5-12-29-16)24-10-8-18-19(26-3)13-17(25-2)14-20(18)27-4;/h13-14,16H,5-12,15H2,1-4H3,(H2,22,23,24);1H. The van der Waals surface area contributed by atoms with Crippen molar-refractivity contribution in [3.8, 4) is 17.2 Å². The molecule has 0 aliphatic carbocycles. The van der Waals surface area contributed by atoms with E-state index in [1.165, 1.54) is 0 Å². The number of nitrogens with zero attached hydrogens (tertiary/aromatic N) is 1. The number of ether oxygens (including phenoxy) is 5. The summed E-state index contributed by atoms with van der Waals surface area (Å²) in [6, 6.07) is 3.73. The van der Waals surface area contributed by atoms with Crippen molar-refractivity contribution in [2.24, 2.45) is 4.99 Å². The second-order valence-corrected chi connectivity index (χ2v) is 6.75. The molecule has 30 heavy (non-hydrogen) atoms. The van der Waals surface area contributed by atoms with Gasteiger partial charge in [0.25, 0.3) is 0 Å². The molecule has 1 aromatic rings. The zero-order valence-electron chi connectivity index (χ0n) is 18.5. The van der Waals surface area contributed by atoms with Crippen LogP contribution in [0.1, 0.15) is 24.8 Å². The van der Waals surface area contributed by atoms with Gasteiger partial charge >= 0.3 is 0 Å². The van der Waals surface area contributed by atoms with Crippen LogP contribution in [0.3, 0.4) is 0 Å². The molecular formula is C21H36IN3O5. The summed E-state index contributed by atoms with van der Waals surface area (Å²) in [6.45, 7) is 3.75. The van der Waals surface area contributed by atoms with Crippen molar-refractivity contribution in [3.05, 3.63) is 17.7 Å². The van der Waals surface area contributed by atoms with Gasteiger partial charge in [0, 0.05) is 51.0 Å². The fraction of sp³-hybridized carbons (Fsp3) is 0.667. The lowest BCUT2D eigenvalue weighted by molar-refractivity contribution is 0.0168. The van der Waals surface area contributed by atoms with Crippen LogP contribution in [0.2, 0.25) is 0 Å². The van der Waals surface area contributed by atoms with Gasteiger partial charge in [0.15, 0.2) is 5.96 Å². The molecule has 0 radical (unpaired) electrons. The van der Waals surface area contributed by atoms with E-state index >= 15 is 0 Å². The number of methoxy groups -OCH3 is 3. The van der Waals surface area contributed by atoms with Crippen molar-refractivity contribution in [2.45, 2.75) is 31.8 Å². The topological polar surface area (TPSA) is 82.6 Å². The van der Waals surface area contributed by atoms with E-state index in [1.807, 2.05) is 12.1 Å². The minimum Gasteiger partial charge on any atom is -0.496 e. The normalized spacial score (nSPS) is 16.0. The first-order valence-corrected chi connectivity index (χ1v) is 10.1. The number of rotatable bonds is 12. The zero-order chi connectivity index (χ0) is 20.9. The number of nitrogens with one attached hydrogen (secondary N) is 2. The molecule has 1 aliphatic rings. The number of benzene rings is 1. The van der Waals surface area contributed by atoms with E-state index in [4.69, 9.17) is 23.7 Å². The zero-order valence-corrected chi connectivity index (χ0v) is 20.8. The lowest BCUT2D eigenvalue weighted by Crippen LogP contribution is -2.39. The third-order valence-electron chi connectivity index (χ3n) is 4.79. The summed E-state index contributed by atoms with van der Waals surface area (Å²) in [5.41, 5.74) is 0.987. The SMILES string of the molecule is CN=C(NCCCOCC1CCCO1)NCCc1c(OC)cc(OC)cc1OC.I. The summed E-state index contributed by atoms with van der Waals surface area (Å²) in [6.07, 6.45) is 4.17. The number of guanidine groups is 1. The highest BCUT2D eigenvalue weighted by atomic mass is 127. The molecule has 172 valence electrons. The average molecular weight is 537 g/mol. The smallest absolute Gasteiger partial charge is 0.190 e. The third kappa shape index (κ3) is 8.73. The molecule has 0 spiro atoms. The lowest BCUT2D eigenvalue weighted by atomic mass is 10.1. The number of aliphatic imine (C=N–C) groups is 1. The number of hydrogen-bond acceptors (Lipinski definition) is 6. The fourth-order valence-corrected chi connectivity index (χ4v) is 3.22. The molecule has 1 atom stereocenters. The van der Waals surface area contributed by atoms with Gasteiger partial charge in [0.05, 0.1) is 34.0 Å². The minimum absolute atomic E-state index is 0. The maximum atomic E-state index is 5.68. The summed E-state index contributed by atoms with van der Waals surface area (Å²) in [4.78, 5) is 4.26. The van der Waals surface area contributed by atoms with E-state index in [9.17, 15) is 0 Å². The van der Waals surface area contributed by atoms with Crippen LogP contribution >= 0.6 is 24.0 Å². The Hall–Kier alpha value is -1.46. The predicted molar refractivity (Wildman–Crippen MR) is 129 cm³/mol. The van der Waals surface area contributed by atoms with E-state index in [-0.39, 0.29) is 30.1 Å². The molecular weight excluding hydrogens is 501 g/mol. The Labute approximate surface area is 197 Å². The van der Waals surface area contributed by atoms with Crippen LogP contribution < -0.4 is 24.8 Å². The summed E-state index contributed by atoms with van der Waals surface area (Å²) in [7, 11) is 6.68.